The van der Waals surface area contributed by atoms with Crippen LogP contribution in [0.5, 0.6) is 5.75 Å². The molecular weight excluding hydrogens is 2050 g/mol. The summed E-state index contributed by atoms with van der Waals surface area (Å²) in [5, 5.41) is 51.0. The van der Waals surface area contributed by atoms with Crippen LogP contribution in [0.15, 0.2) is 250 Å². The number of para-hydroxylation sites is 1. The second-order valence-electron chi connectivity index (χ2n) is 29.9. The number of primary amides is 1. The SMILES string of the molecule is CC(=O)O.CC(C)(C)OC(=O)Nc1ccoc1.CC(C)(C)OC(=O)Nc1ccoc1C(=O)O.CC(C)(C)OC(=O)Nc1ccoc1C(N)=O.CCOC(OCC)OCC.CP(=O)(N=[N+]=[N-])Oc1ccccc1.Cl.Clc1ncnc2ccoc12.Clc1ncnc2occc12.Nc1ncnc2occc12.O=C(O)c1ccoc1.O=c1[nH]cnc2ccoc12.OC1COC(O)CO1.[C-]#[N+]c1ccoc1N.[C-]#[N+]c1ccoc1N=COCC. The van der Waals surface area contributed by atoms with E-state index in [1.54, 1.807) is 108 Å². The number of aliphatic carboxylic acids is 1. The Morgan fingerprint density at radius 1 is 0.570 bits per heavy atom. The van der Waals surface area contributed by atoms with Crippen molar-refractivity contribution in [2.24, 2.45) is 15.6 Å². The van der Waals surface area contributed by atoms with Gasteiger partial charge in [0.1, 0.15) is 89.3 Å². The van der Waals surface area contributed by atoms with Gasteiger partial charge in [0.25, 0.3) is 29.6 Å². The molecule has 0 bridgehead atoms. The largest absolute Gasteiger partial charge is 0.483 e. The first-order valence-electron chi connectivity index (χ1n) is 42.4. The van der Waals surface area contributed by atoms with Crippen molar-refractivity contribution in [1.29, 1.82) is 0 Å². The maximum atomic E-state index is 11.4. The maximum absolute atomic E-state index is 11.4. The van der Waals surface area contributed by atoms with Gasteiger partial charge >= 0.3 is 37.7 Å². The van der Waals surface area contributed by atoms with Crippen molar-refractivity contribution in [3.8, 4) is 5.75 Å². The van der Waals surface area contributed by atoms with Crippen LogP contribution < -0.4 is 43.2 Å². The van der Waals surface area contributed by atoms with Gasteiger partial charge in [-0.1, -0.05) is 41.4 Å². The molecule has 15 N–H and O–H groups in total. The van der Waals surface area contributed by atoms with Gasteiger partial charge in [-0.3, -0.25) is 34.9 Å². The normalized spacial score (nSPS) is 12.1. The van der Waals surface area contributed by atoms with Crippen LogP contribution in [0.4, 0.5) is 60.4 Å². The third kappa shape index (κ3) is 53.9. The number of aliphatic imine (C=N–C) groups is 1. The van der Waals surface area contributed by atoms with E-state index in [9.17, 15) is 38.1 Å². The second kappa shape index (κ2) is 68.2. The van der Waals surface area contributed by atoms with E-state index in [-0.39, 0.29) is 71.1 Å². The Kier molecular flexibility index (Phi) is 58.6. The van der Waals surface area contributed by atoms with E-state index in [0.29, 0.717) is 93.8 Å². The highest BCUT2D eigenvalue weighted by Gasteiger charge is 2.24. The Hall–Kier alpha value is -17.2. The third-order valence-corrected chi connectivity index (χ3v) is 16.4. The number of halogens is 3. The summed E-state index contributed by atoms with van der Waals surface area (Å²) in [6, 6.07) is 24.3. The number of fused-ring (bicyclic) bond motifs is 4. The number of furan rings is 10. The molecule has 54 nitrogen and oxygen atoms in total. The number of azide groups is 1. The number of rotatable bonds is 18. The average Bonchev–Trinajstić information content (AvgIpc) is 1.71. The van der Waals surface area contributed by atoms with Crippen LogP contribution in [0.3, 0.4) is 0 Å². The number of anilines is 5. The number of carboxylic acids is 3. The van der Waals surface area contributed by atoms with Gasteiger partial charge in [0.15, 0.2) is 35.6 Å². The summed E-state index contributed by atoms with van der Waals surface area (Å²) < 4.78 is 109. The van der Waals surface area contributed by atoms with E-state index < -0.39 is 85.5 Å². The monoisotopic (exact) mass is 2160 g/mol. The molecule has 14 aromatic heterocycles. The molecule has 1 aliphatic heterocycles. The number of nitrogen functional groups attached to an aromatic ring is 2. The molecule has 0 radical (unpaired) electrons. The van der Waals surface area contributed by atoms with Crippen LogP contribution in [-0.4, -0.2) is 196 Å². The van der Waals surface area contributed by atoms with Gasteiger partial charge in [0.05, 0.1) is 122 Å². The number of aliphatic hydroxyl groups is 2. The summed E-state index contributed by atoms with van der Waals surface area (Å²) in [6.07, 6.45) is 19.9. The van der Waals surface area contributed by atoms with Crippen molar-refractivity contribution < 1.29 is 155 Å². The number of nitrogens with one attached hydrogen (secondary N) is 4. The van der Waals surface area contributed by atoms with E-state index in [4.69, 9.17) is 158 Å². The number of H-pyrrole nitrogens is 1. The highest BCUT2D eigenvalue weighted by molar-refractivity contribution is 7.57. The van der Waals surface area contributed by atoms with Gasteiger partial charge in [-0.05, 0) is 138 Å². The summed E-state index contributed by atoms with van der Waals surface area (Å²) in [5.41, 5.74) is 26.8. The molecule has 15 heterocycles. The standard InChI is InChI=1S/C10H14N2O4.C10H13NO5.C9H13NO3.C8H8N2O2.C7H8N3O2P.C7H16O3.2C6H3ClN2O.C6H5N3O.C6H4N2O2.C5H4N2O.C5H4O3.C4H8O4.C2H4O2.ClH/c1-10(2,3)16-9(14)12-6-4-5-15-7(6)8(11)13;1-10(2,3)16-9(14)11-6-4-5-15-7(6)8(12)13;1-9(2,3)13-8(11)10-7-4-5-12-6-7;1-3-11-6-10-8-7(9-2)4-5-12-8;1-13(11,10-9-8)12-7-5-3-2-4-6-7;1-4-8-7(9-5-2)10-6-3;7-6-5-4(1-2-10-5)8-3-9-6;2*7-5-4-1-2-10-6(4)9-3-8-5;9-6-5-4(1-2-10-5)7-3-8-6;1-7-4-2-3-8-5(4)6;6-5(7)4-1-2-8-3-4;5-3-1-7-4(6)2-8-3;1-2(3)4;/h4-5H,1-3H3,(H2,11,13)(H,12,14);4-5H,1-3H3,(H,11,14)(H,12,13);4-6H,1-3H3,(H,10,11);4-6H,3H2,1H3;2-6H,1H3;7H,4-6H2,1-3H3;2*1-3H;1-3H,(H2,7,8,9);1-3H,(H,7,8,9);2-3H,6H2;1-3H,(H,6,7);3-6H,1-2H2;1H3,(H,3,4);1H. The van der Waals surface area contributed by atoms with Crippen molar-refractivity contribution in [1.82, 2.24) is 39.9 Å². The predicted molar refractivity (Wildman–Crippen MR) is 538 cm³/mol. The number of benzene rings is 1. The van der Waals surface area contributed by atoms with Gasteiger partial charge < -0.3 is 139 Å². The van der Waals surface area contributed by atoms with Crippen LogP contribution in [0.1, 0.15) is 128 Å². The lowest BCUT2D eigenvalue weighted by Gasteiger charge is -2.22. The fraction of sp³-hybridized carbons (Fsp3) is 0.297. The van der Waals surface area contributed by atoms with E-state index in [1.807, 2.05) is 48.5 Å². The molecule has 3 atom stereocenters. The minimum absolute atomic E-state index is 0. The summed E-state index contributed by atoms with van der Waals surface area (Å²) in [7, 11) is -3.21. The number of nitrogens with two attached hydrogens (primary N) is 3. The number of aromatic carboxylic acids is 2. The first-order valence-corrected chi connectivity index (χ1v) is 45.2. The molecule has 15 aromatic rings. The van der Waals surface area contributed by atoms with Crippen LogP contribution in [0, 0.1) is 13.1 Å². The Balaban J connectivity index is 0.000000546. The van der Waals surface area contributed by atoms with Gasteiger partial charge in [-0.15, -0.1) is 12.4 Å². The molecule has 3 unspecified atom stereocenters. The fourth-order valence-electron chi connectivity index (χ4n) is 9.12. The summed E-state index contributed by atoms with van der Waals surface area (Å²) in [5.74, 6) is -2.86. The fourth-order valence-corrected chi connectivity index (χ4v) is 10.2. The van der Waals surface area contributed by atoms with Crippen LogP contribution >= 0.6 is 43.1 Å². The van der Waals surface area contributed by atoms with E-state index in [1.165, 1.54) is 138 Å². The molecule has 1 aliphatic rings. The second-order valence-corrected chi connectivity index (χ2v) is 32.6. The van der Waals surface area contributed by atoms with Crippen molar-refractivity contribution >= 4 is 182 Å². The number of aromatic nitrogens is 8. The Morgan fingerprint density at radius 3 is 1.48 bits per heavy atom. The molecule has 0 spiro atoms. The van der Waals surface area contributed by atoms with Crippen molar-refractivity contribution in [2.75, 3.05) is 73.7 Å². The summed E-state index contributed by atoms with van der Waals surface area (Å²) in [6.45, 7) is 40.9. The quantitative estimate of drug-likeness (QED) is 0.00363. The number of aliphatic hydroxyl groups excluding tert-OH is 2. The Morgan fingerprint density at radius 2 is 1.04 bits per heavy atom. The number of amides is 4. The zero-order chi connectivity index (χ0) is 110. The first kappa shape index (κ1) is 128. The number of ether oxygens (including phenoxy) is 9. The minimum Gasteiger partial charge on any atom is -0.483 e. The smallest absolute Gasteiger partial charge is 0.412 e. The zero-order valence-corrected chi connectivity index (χ0v) is 85.4. The first-order chi connectivity index (χ1) is 70.1. The molecule has 16 rings (SSSR count). The van der Waals surface area contributed by atoms with Crippen LogP contribution in [0.2, 0.25) is 10.3 Å². The highest BCUT2D eigenvalue weighted by atomic mass is 35.5. The average molecular weight is 2160 g/mol. The molecule has 58 heteroatoms. The van der Waals surface area contributed by atoms with Crippen molar-refractivity contribution in [3.05, 3.63) is 262 Å². The number of carboxylic acid groups (broad SMARTS) is 3. The van der Waals surface area contributed by atoms with E-state index in [2.05, 4.69) is 103 Å². The van der Waals surface area contributed by atoms with Crippen molar-refractivity contribution in [2.45, 2.75) is 133 Å². The molecule has 1 saturated heterocycles. The molecule has 0 aliphatic carbocycles. The molecular formula is C91H108Cl3N20O34P. The number of hydrogen-bond acceptors (Lipinski definition) is 41. The predicted octanol–water partition coefficient (Wildman–Crippen LogP) is 20.4. The number of carbonyl (C=O) groups is 7. The van der Waals surface area contributed by atoms with E-state index >= 15 is 0 Å². The Bertz CT molecular complexity index is 6460. The van der Waals surface area contributed by atoms with Gasteiger partial charge in [0, 0.05) is 73.5 Å². The van der Waals surface area contributed by atoms with Gasteiger partial charge in [-0.2, -0.15) is 4.99 Å². The lowest BCUT2D eigenvalue weighted by molar-refractivity contribution is -0.282. The van der Waals surface area contributed by atoms with E-state index in [0.717, 1.165) is 23.2 Å². The lowest BCUT2D eigenvalue weighted by atomic mass is 10.2. The van der Waals surface area contributed by atoms with Gasteiger partial charge in [-0.25, -0.2) is 68.6 Å². The molecule has 1 fully saturated rings. The molecule has 1 aromatic carbocycles. The Labute approximate surface area is 862 Å². The van der Waals surface area contributed by atoms with Gasteiger partial charge in [0.2, 0.25) is 40.1 Å². The van der Waals surface area contributed by atoms with Crippen molar-refractivity contribution in [3.63, 3.8) is 0 Å². The van der Waals surface area contributed by atoms with Crippen LogP contribution in [-0.2, 0) is 52.0 Å². The summed E-state index contributed by atoms with van der Waals surface area (Å²) in [4.78, 5) is 130. The molecule has 4 amide bonds. The number of hydrogen-bond donors (Lipinski definition) is 12. The number of carbonyl (C=O) groups excluding carboxylic acids is 4. The zero-order valence-electron chi connectivity index (χ0n) is 82.2. The third-order valence-electron chi connectivity index (χ3n) is 14.9. The topological polar surface area (TPSA) is 768 Å². The molecule has 0 saturated carbocycles. The lowest BCUT2D eigenvalue weighted by Crippen LogP contribution is -2.34. The number of aromatic amines is 1. The summed E-state index contributed by atoms with van der Waals surface area (Å²) >= 11 is 11.3. The van der Waals surface area contributed by atoms with Crippen LogP contribution in [0.25, 0.3) is 64.5 Å². The maximum Gasteiger partial charge on any atom is 0.412 e. The minimum atomic E-state index is -3.21. The highest BCUT2D eigenvalue weighted by Crippen LogP contribution is 2.44. The number of nitrogens with zero attached hydrogens (tertiary/aromatic N) is 13. The molecule has 149 heavy (non-hydrogen) atoms. The molecule has 802 valence electrons.